The van der Waals surface area contributed by atoms with Crippen LogP contribution in [0.15, 0.2) is 46.9 Å². The number of nitrogens with zero attached hydrogens (tertiary/aromatic N) is 3. The van der Waals surface area contributed by atoms with Gasteiger partial charge in [0.1, 0.15) is 5.60 Å². The fourth-order valence-electron chi connectivity index (χ4n) is 4.84. The number of halogens is 3. The zero-order valence-corrected chi connectivity index (χ0v) is 24.4. The highest BCUT2D eigenvalue weighted by molar-refractivity contribution is 5.89. The number of amides is 2. The molecule has 1 atom stereocenters. The first-order valence-corrected chi connectivity index (χ1v) is 14.0. The average Bonchev–Trinajstić information content (AvgIpc) is 3.48. The van der Waals surface area contributed by atoms with Gasteiger partial charge >= 0.3 is 30.1 Å². The van der Waals surface area contributed by atoms with Gasteiger partial charge in [-0.1, -0.05) is 35.4 Å². The molecule has 2 fully saturated rings. The molecule has 1 saturated carbocycles. The number of nitrogens with one attached hydrogen (secondary N) is 2. The second kappa shape index (κ2) is 11.5. The van der Waals surface area contributed by atoms with Crippen molar-refractivity contribution in [1.29, 1.82) is 0 Å². The minimum atomic E-state index is -4.54. The summed E-state index contributed by atoms with van der Waals surface area (Å²) in [6.45, 7) is 8.68. The predicted molar refractivity (Wildman–Crippen MR) is 150 cm³/mol. The number of aromatic nitrogens is 2. The molecule has 0 unspecified atom stereocenters. The Kier molecular flexibility index (Phi) is 8.12. The summed E-state index contributed by atoms with van der Waals surface area (Å²) in [4.78, 5) is 26.9. The molecule has 2 aromatic carbocycles. The lowest BCUT2D eigenvalue weighted by molar-refractivity contribution is -0.137. The minimum absolute atomic E-state index is 0.0335. The number of anilines is 1. The molecule has 43 heavy (non-hydrogen) atoms. The Hall–Kier alpha value is -4.13. The van der Waals surface area contributed by atoms with Crippen LogP contribution in [0.3, 0.4) is 0 Å². The molecule has 0 radical (unpaired) electrons. The minimum Gasteiger partial charge on any atom is -0.444 e. The molecule has 5 rings (SSSR count). The van der Waals surface area contributed by atoms with Gasteiger partial charge in [-0.2, -0.15) is 13.2 Å². The van der Waals surface area contributed by atoms with Crippen molar-refractivity contribution in [2.45, 2.75) is 70.5 Å². The average molecular weight is 602 g/mol. The summed E-state index contributed by atoms with van der Waals surface area (Å²) in [5.41, 5.74) is 0.339. The van der Waals surface area contributed by atoms with Gasteiger partial charge in [-0.25, -0.2) is 4.79 Å². The highest BCUT2D eigenvalue weighted by Crippen LogP contribution is 2.42. The lowest BCUT2D eigenvalue weighted by Crippen LogP contribution is -2.44. The number of benzene rings is 2. The number of alkyl halides is 3. The number of carbonyl (C=O) groups excluding carboxylic acids is 2. The first-order valence-electron chi connectivity index (χ1n) is 14.0. The lowest BCUT2D eigenvalue weighted by atomic mass is 9.95. The van der Waals surface area contributed by atoms with Crippen LogP contribution in [-0.2, 0) is 22.2 Å². The zero-order valence-electron chi connectivity index (χ0n) is 24.4. The first-order chi connectivity index (χ1) is 20.2. The van der Waals surface area contributed by atoms with Crippen LogP contribution in [0.4, 0.5) is 24.0 Å². The van der Waals surface area contributed by atoms with Gasteiger partial charge < -0.3 is 29.4 Å². The molecule has 1 saturated heterocycles. The van der Waals surface area contributed by atoms with Gasteiger partial charge in [0, 0.05) is 13.1 Å². The fraction of sp³-hybridized carbons (Fsp3) is 0.467. The highest BCUT2D eigenvalue weighted by Gasteiger charge is 2.48. The zero-order chi connectivity index (χ0) is 31.0. The third-order valence-corrected chi connectivity index (χ3v) is 7.26. The Morgan fingerprint density at radius 3 is 2.47 bits per heavy atom. The van der Waals surface area contributed by atoms with Crippen LogP contribution in [0.5, 0.6) is 0 Å². The predicted octanol–water partition coefficient (Wildman–Crippen LogP) is 5.64. The van der Waals surface area contributed by atoms with Crippen LogP contribution >= 0.6 is 0 Å². The Balaban J connectivity index is 1.27. The van der Waals surface area contributed by atoms with Crippen LogP contribution in [0.2, 0.25) is 0 Å². The normalized spacial score (nSPS) is 17.0. The smallest absolute Gasteiger partial charge is 0.416 e. The van der Waals surface area contributed by atoms with Crippen LogP contribution in [0.25, 0.3) is 11.1 Å². The lowest BCUT2D eigenvalue weighted by Gasteiger charge is -2.31. The summed E-state index contributed by atoms with van der Waals surface area (Å²) in [5, 5.41) is 13.4. The van der Waals surface area contributed by atoms with Crippen LogP contribution < -0.4 is 15.5 Å². The number of alkyl carbamates (subject to hydrolysis) is 1. The van der Waals surface area contributed by atoms with E-state index < -0.39 is 35.4 Å². The van der Waals surface area contributed by atoms with E-state index in [4.69, 9.17) is 13.9 Å². The standard InChI is InChI=1S/C30H34F3N5O5/c1-18(35-24(39)25-36-37-26(42-25)38-13-14-41-29(17-38)11-12-29)19-5-7-20(8-6-19)23-15-22(30(31,32)33)10-9-21(23)16-34-27(40)43-28(2,3)4/h5-10,15,18H,11-14,16-17H2,1-4H3,(H,34,40)(H,35,39)/t18-/m1/s1. The van der Waals surface area contributed by atoms with Crippen molar-refractivity contribution in [3.8, 4) is 11.1 Å². The Labute approximate surface area is 246 Å². The fourth-order valence-corrected chi connectivity index (χ4v) is 4.84. The van der Waals surface area contributed by atoms with Crippen molar-refractivity contribution in [1.82, 2.24) is 20.8 Å². The molecule has 2 heterocycles. The van der Waals surface area contributed by atoms with Gasteiger partial charge in [-0.3, -0.25) is 4.79 Å². The molecule has 2 aliphatic rings. The molecule has 13 heteroatoms. The van der Waals surface area contributed by atoms with Crippen molar-refractivity contribution < 1.29 is 36.7 Å². The second-order valence-electron chi connectivity index (χ2n) is 11.9. The molecule has 1 aromatic heterocycles. The van der Waals surface area contributed by atoms with Gasteiger partial charge in [0.15, 0.2) is 0 Å². The monoisotopic (exact) mass is 601 g/mol. The summed E-state index contributed by atoms with van der Waals surface area (Å²) in [6, 6.07) is 9.95. The molecule has 2 amide bonds. The molecule has 3 aromatic rings. The summed E-state index contributed by atoms with van der Waals surface area (Å²) in [6.07, 6.45) is -3.25. The van der Waals surface area contributed by atoms with E-state index in [9.17, 15) is 22.8 Å². The summed E-state index contributed by atoms with van der Waals surface area (Å²) < 4.78 is 57.3. The maximum absolute atomic E-state index is 13.5. The van der Waals surface area contributed by atoms with E-state index in [0.29, 0.717) is 42.0 Å². The van der Waals surface area contributed by atoms with E-state index in [2.05, 4.69) is 20.8 Å². The summed E-state index contributed by atoms with van der Waals surface area (Å²) >= 11 is 0. The Morgan fingerprint density at radius 2 is 1.81 bits per heavy atom. The molecule has 0 bridgehead atoms. The molecule has 1 aliphatic heterocycles. The van der Waals surface area contributed by atoms with Gasteiger partial charge in [0.25, 0.3) is 0 Å². The van der Waals surface area contributed by atoms with Crippen molar-refractivity contribution in [2.24, 2.45) is 0 Å². The second-order valence-corrected chi connectivity index (χ2v) is 11.9. The Morgan fingerprint density at radius 1 is 1.09 bits per heavy atom. The van der Waals surface area contributed by atoms with E-state index >= 15 is 0 Å². The van der Waals surface area contributed by atoms with Crippen molar-refractivity contribution in [3.05, 3.63) is 65.0 Å². The molecule has 1 aliphatic carbocycles. The number of carbonyl (C=O) groups is 2. The molecule has 2 N–H and O–H groups in total. The molecular weight excluding hydrogens is 567 g/mol. The quantitative estimate of drug-likeness (QED) is 0.357. The SMILES string of the molecule is C[C@@H](NC(=O)c1nnc(N2CCOC3(CC3)C2)o1)c1ccc(-c2cc(C(F)(F)F)ccc2CNC(=O)OC(C)(C)C)cc1. The molecule has 230 valence electrons. The highest BCUT2D eigenvalue weighted by atomic mass is 19.4. The summed E-state index contributed by atoms with van der Waals surface area (Å²) in [7, 11) is 0. The third-order valence-electron chi connectivity index (χ3n) is 7.26. The van der Waals surface area contributed by atoms with Crippen molar-refractivity contribution in [3.63, 3.8) is 0 Å². The number of hydrogen-bond acceptors (Lipinski definition) is 8. The van der Waals surface area contributed by atoms with E-state index in [1.54, 1.807) is 52.0 Å². The number of rotatable bonds is 7. The maximum Gasteiger partial charge on any atom is 0.416 e. The van der Waals surface area contributed by atoms with Crippen LogP contribution in [-0.4, -0.2) is 53.1 Å². The number of ether oxygens (including phenoxy) is 2. The van der Waals surface area contributed by atoms with Gasteiger partial charge in [0.2, 0.25) is 0 Å². The van der Waals surface area contributed by atoms with E-state index in [-0.39, 0.29) is 24.1 Å². The van der Waals surface area contributed by atoms with Gasteiger partial charge in [0.05, 0.1) is 30.4 Å². The van der Waals surface area contributed by atoms with Gasteiger partial charge in [-0.15, -0.1) is 5.10 Å². The van der Waals surface area contributed by atoms with E-state index in [1.807, 2.05) is 4.90 Å². The summed E-state index contributed by atoms with van der Waals surface area (Å²) in [5.74, 6) is -0.709. The largest absolute Gasteiger partial charge is 0.444 e. The first kappa shape index (κ1) is 30.3. The van der Waals surface area contributed by atoms with E-state index in [0.717, 1.165) is 25.0 Å². The molecular formula is C30H34F3N5O5. The van der Waals surface area contributed by atoms with E-state index in [1.165, 1.54) is 6.07 Å². The number of hydrogen-bond donors (Lipinski definition) is 2. The van der Waals surface area contributed by atoms with Crippen LogP contribution in [0, 0.1) is 0 Å². The maximum atomic E-state index is 13.5. The molecule has 10 nitrogen and oxygen atoms in total. The molecule has 1 spiro atoms. The topological polar surface area (TPSA) is 119 Å². The third kappa shape index (κ3) is 7.45. The van der Waals surface area contributed by atoms with Crippen molar-refractivity contribution >= 4 is 18.0 Å². The van der Waals surface area contributed by atoms with Gasteiger partial charge in [-0.05, 0) is 74.9 Å². The van der Waals surface area contributed by atoms with Crippen molar-refractivity contribution in [2.75, 3.05) is 24.6 Å². The van der Waals surface area contributed by atoms with Crippen LogP contribution in [0.1, 0.15) is 74.0 Å². The number of morpholine rings is 1. The Bertz CT molecular complexity index is 1480.